The third-order valence-electron chi connectivity index (χ3n) is 4.75. The molecule has 6 heteroatoms. The fraction of sp³-hybridized carbons (Fsp3) is 0.0833. The van der Waals surface area contributed by atoms with Crippen LogP contribution in [0.2, 0.25) is 5.02 Å². The Morgan fingerprint density at radius 3 is 2.27 bits per heavy atom. The van der Waals surface area contributed by atoms with Crippen LogP contribution in [0, 0.1) is 0 Å². The largest absolute Gasteiger partial charge is 0.464 e. The van der Waals surface area contributed by atoms with Gasteiger partial charge in [-0.15, -0.1) is 4.73 Å². The van der Waals surface area contributed by atoms with E-state index in [4.69, 9.17) is 21.2 Å². The van der Waals surface area contributed by atoms with Gasteiger partial charge in [0.1, 0.15) is 6.61 Å². The molecule has 0 aliphatic heterocycles. The van der Waals surface area contributed by atoms with E-state index in [1.807, 2.05) is 60.7 Å². The molecule has 0 spiro atoms. The van der Waals surface area contributed by atoms with Gasteiger partial charge in [0.2, 0.25) is 0 Å². The number of methoxy groups -OCH3 is 1. The van der Waals surface area contributed by atoms with Gasteiger partial charge in [0.25, 0.3) is 5.56 Å². The molecule has 0 aliphatic carbocycles. The topological polar surface area (TPSA) is 57.5 Å². The normalized spacial score (nSPS) is 10.7. The van der Waals surface area contributed by atoms with Crippen molar-refractivity contribution in [2.45, 2.75) is 6.61 Å². The second kappa shape index (κ2) is 8.43. The number of nitrogens with zero attached hydrogens (tertiary/aromatic N) is 1. The fourth-order valence-electron chi connectivity index (χ4n) is 3.37. The van der Waals surface area contributed by atoms with Crippen molar-refractivity contribution in [3.8, 4) is 11.1 Å². The third-order valence-corrected chi connectivity index (χ3v) is 4.99. The highest BCUT2D eigenvalue weighted by Crippen LogP contribution is 2.32. The first kappa shape index (κ1) is 19.7. The van der Waals surface area contributed by atoms with Crippen molar-refractivity contribution >= 4 is 28.3 Å². The number of hydrogen-bond acceptors (Lipinski definition) is 4. The first-order valence-electron chi connectivity index (χ1n) is 9.29. The average Bonchev–Trinajstić information content (AvgIpc) is 2.78. The number of pyridine rings is 1. The van der Waals surface area contributed by atoms with Gasteiger partial charge in [-0.3, -0.25) is 4.79 Å². The number of carbonyl (C=O) groups is 1. The summed E-state index contributed by atoms with van der Waals surface area (Å²) >= 11 is 6.22. The molecule has 1 aromatic heterocycles. The molecule has 5 nitrogen and oxygen atoms in total. The summed E-state index contributed by atoms with van der Waals surface area (Å²) in [6, 6.07) is 23.6. The first-order valence-corrected chi connectivity index (χ1v) is 9.67. The Hall–Kier alpha value is -3.57. The Balaban J connectivity index is 2.02. The second-order valence-corrected chi connectivity index (χ2v) is 7.07. The number of rotatable bonds is 5. The van der Waals surface area contributed by atoms with Crippen LogP contribution >= 0.6 is 11.6 Å². The molecule has 1 heterocycles. The monoisotopic (exact) mass is 419 g/mol. The lowest BCUT2D eigenvalue weighted by Crippen LogP contribution is -2.33. The van der Waals surface area contributed by atoms with Crippen molar-refractivity contribution in [1.29, 1.82) is 0 Å². The Kier molecular flexibility index (Phi) is 5.55. The summed E-state index contributed by atoms with van der Waals surface area (Å²) in [4.78, 5) is 31.9. The van der Waals surface area contributed by atoms with Crippen LogP contribution in [0.3, 0.4) is 0 Å². The molecule has 4 rings (SSSR count). The van der Waals surface area contributed by atoms with E-state index in [1.165, 1.54) is 7.11 Å². The number of esters is 1. The minimum absolute atomic E-state index is 0.0133. The molecule has 4 aromatic rings. The zero-order chi connectivity index (χ0) is 21.1. The van der Waals surface area contributed by atoms with Crippen molar-refractivity contribution in [2.24, 2.45) is 0 Å². The van der Waals surface area contributed by atoms with E-state index in [1.54, 1.807) is 18.2 Å². The van der Waals surface area contributed by atoms with Crippen LogP contribution < -0.4 is 10.4 Å². The van der Waals surface area contributed by atoms with Crippen LogP contribution in [0.15, 0.2) is 83.7 Å². The number of halogens is 1. The lowest BCUT2D eigenvalue weighted by Gasteiger charge is -2.19. The number of ether oxygens (including phenoxy) is 1. The van der Waals surface area contributed by atoms with Gasteiger partial charge in [-0.05, 0) is 34.7 Å². The highest BCUT2D eigenvalue weighted by molar-refractivity contribution is 6.31. The van der Waals surface area contributed by atoms with Crippen molar-refractivity contribution in [1.82, 2.24) is 4.73 Å². The molecule has 150 valence electrons. The first-order chi connectivity index (χ1) is 14.6. The van der Waals surface area contributed by atoms with Crippen molar-refractivity contribution in [3.63, 3.8) is 0 Å². The number of carbonyl (C=O) groups excluding carboxylic acids is 1. The molecule has 0 saturated heterocycles. The summed E-state index contributed by atoms with van der Waals surface area (Å²) in [5, 5.41) is 1.40. The summed E-state index contributed by atoms with van der Waals surface area (Å²) in [6.07, 6.45) is 0. The van der Waals surface area contributed by atoms with E-state index < -0.39 is 11.5 Å². The summed E-state index contributed by atoms with van der Waals surface area (Å²) in [5.41, 5.74) is 1.67. The predicted molar refractivity (Wildman–Crippen MR) is 117 cm³/mol. The van der Waals surface area contributed by atoms with Crippen molar-refractivity contribution < 1.29 is 14.4 Å². The lowest BCUT2D eigenvalue weighted by molar-refractivity contribution is 0.0467. The average molecular weight is 420 g/mol. The van der Waals surface area contributed by atoms with Gasteiger partial charge in [-0.1, -0.05) is 72.3 Å². The SMILES string of the molecule is COC(=O)c1c(-c2ccccc2)c2cc(Cl)ccc2c(=O)n1OCc1ccccc1. The van der Waals surface area contributed by atoms with Crippen LogP contribution in [0.25, 0.3) is 21.9 Å². The molecule has 3 aromatic carbocycles. The van der Waals surface area contributed by atoms with Gasteiger partial charge < -0.3 is 9.57 Å². The van der Waals surface area contributed by atoms with Crippen LogP contribution in [-0.4, -0.2) is 17.8 Å². The van der Waals surface area contributed by atoms with E-state index in [9.17, 15) is 9.59 Å². The molecule has 0 amide bonds. The van der Waals surface area contributed by atoms with Gasteiger partial charge in [-0.2, -0.15) is 0 Å². The molecule has 0 bridgehead atoms. The summed E-state index contributed by atoms with van der Waals surface area (Å²) in [5.74, 6) is -0.680. The molecular weight excluding hydrogens is 402 g/mol. The molecule has 30 heavy (non-hydrogen) atoms. The second-order valence-electron chi connectivity index (χ2n) is 6.63. The maximum Gasteiger partial charge on any atom is 0.358 e. The van der Waals surface area contributed by atoms with Gasteiger partial charge in [0.05, 0.1) is 12.5 Å². The van der Waals surface area contributed by atoms with E-state index >= 15 is 0 Å². The number of benzene rings is 3. The third kappa shape index (κ3) is 3.67. The predicted octanol–water partition coefficient (Wildman–Crippen LogP) is 4.74. The minimum atomic E-state index is -0.680. The summed E-state index contributed by atoms with van der Waals surface area (Å²) < 4.78 is 6.04. The molecular formula is C24H18ClNO4. The maximum absolute atomic E-state index is 13.3. The Morgan fingerprint density at radius 2 is 1.60 bits per heavy atom. The Labute approximate surface area is 178 Å². The van der Waals surface area contributed by atoms with E-state index in [0.717, 1.165) is 15.9 Å². The van der Waals surface area contributed by atoms with E-state index in [2.05, 4.69) is 0 Å². The Morgan fingerprint density at radius 1 is 0.933 bits per heavy atom. The van der Waals surface area contributed by atoms with Gasteiger partial charge in [0.15, 0.2) is 5.69 Å². The maximum atomic E-state index is 13.3. The molecule has 0 N–H and O–H groups in total. The van der Waals surface area contributed by atoms with Crippen molar-refractivity contribution in [3.05, 3.63) is 105 Å². The fourth-order valence-corrected chi connectivity index (χ4v) is 3.54. The zero-order valence-corrected chi connectivity index (χ0v) is 16.9. The molecule has 0 fully saturated rings. The van der Waals surface area contributed by atoms with Crippen LogP contribution in [0.4, 0.5) is 0 Å². The van der Waals surface area contributed by atoms with Crippen LogP contribution in [-0.2, 0) is 11.3 Å². The summed E-state index contributed by atoms with van der Waals surface area (Å²) in [7, 11) is 1.27. The smallest absolute Gasteiger partial charge is 0.358 e. The number of hydrogen-bond donors (Lipinski definition) is 0. The van der Waals surface area contributed by atoms with Gasteiger partial charge in [-0.25, -0.2) is 4.79 Å². The highest BCUT2D eigenvalue weighted by Gasteiger charge is 2.25. The standard InChI is InChI=1S/C24H18ClNO4/c1-29-24(28)22-21(17-10-6-3-7-11-17)20-14-18(25)12-13-19(20)23(27)26(22)30-15-16-8-4-2-5-9-16/h2-14H,15H2,1H3. The van der Waals surface area contributed by atoms with E-state index in [0.29, 0.717) is 21.4 Å². The quantitative estimate of drug-likeness (QED) is 0.438. The highest BCUT2D eigenvalue weighted by atomic mass is 35.5. The zero-order valence-electron chi connectivity index (χ0n) is 16.2. The van der Waals surface area contributed by atoms with Gasteiger partial charge in [0, 0.05) is 10.6 Å². The van der Waals surface area contributed by atoms with E-state index in [-0.39, 0.29) is 12.3 Å². The minimum Gasteiger partial charge on any atom is -0.464 e. The molecule has 0 saturated carbocycles. The van der Waals surface area contributed by atoms with Crippen LogP contribution in [0.1, 0.15) is 16.1 Å². The Bertz CT molecular complexity index is 1270. The summed E-state index contributed by atoms with van der Waals surface area (Å²) in [6.45, 7) is 0.109. The molecule has 0 atom stereocenters. The molecule has 0 aliphatic rings. The number of fused-ring (bicyclic) bond motifs is 1. The molecule has 0 unspecified atom stereocenters. The molecule has 0 radical (unpaired) electrons. The van der Waals surface area contributed by atoms with Gasteiger partial charge >= 0.3 is 5.97 Å². The number of aromatic nitrogens is 1. The van der Waals surface area contributed by atoms with Crippen molar-refractivity contribution in [2.75, 3.05) is 7.11 Å². The van der Waals surface area contributed by atoms with Crippen LogP contribution in [0.5, 0.6) is 0 Å². The lowest BCUT2D eigenvalue weighted by atomic mass is 9.97.